The lowest BCUT2D eigenvalue weighted by Crippen LogP contribution is -3.14. The van der Waals surface area contributed by atoms with Crippen molar-refractivity contribution in [1.29, 1.82) is 0 Å². The van der Waals surface area contributed by atoms with Crippen molar-refractivity contribution in [2.24, 2.45) is 0 Å². The number of ether oxygens (including phenoxy) is 1. The van der Waals surface area contributed by atoms with Gasteiger partial charge in [-0.3, -0.25) is 10.1 Å². The van der Waals surface area contributed by atoms with Crippen molar-refractivity contribution in [3.63, 3.8) is 0 Å². The average molecular weight is 330 g/mol. The molecular formula is C13H20N3O5S+. The third-order valence-corrected chi connectivity index (χ3v) is 5.00. The molecule has 0 radical (unpaired) electrons. The summed E-state index contributed by atoms with van der Waals surface area (Å²) in [4.78, 5) is 11.4. The molecule has 1 aliphatic rings. The lowest BCUT2D eigenvalue weighted by atomic mass is 10.3. The Balaban J connectivity index is 1.85. The molecule has 0 amide bonds. The monoisotopic (exact) mass is 330 g/mol. The minimum absolute atomic E-state index is 0.0829. The maximum Gasteiger partial charge on any atom is 0.270 e. The van der Waals surface area contributed by atoms with Gasteiger partial charge in [0.15, 0.2) is 0 Å². The molecule has 2 N–H and O–H groups in total. The van der Waals surface area contributed by atoms with E-state index in [1.165, 1.54) is 23.1 Å². The predicted octanol–water partition coefficient (Wildman–Crippen LogP) is -0.822. The fraction of sp³-hybridized carbons (Fsp3) is 0.538. The van der Waals surface area contributed by atoms with E-state index in [2.05, 4.69) is 4.72 Å². The Morgan fingerprint density at radius 3 is 2.73 bits per heavy atom. The fourth-order valence-corrected chi connectivity index (χ4v) is 3.42. The zero-order valence-electron chi connectivity index (χ0n) is 12.2. The molecule has 0 unspecified atom stereocenters. The first kappa shape index (κ1) is 16.8. The summed E-state index contributed by atoms with van der Waals surface area (Å²) in [7, 11) is -3.71. The third kappa shape index (κ3) is 4.73. The predicted molar refractivity (Wildman–Crippen MR) is 79.3 cm³/mol. The van der Waals surface area contributed by atoms with E-state index in [9.17, 15) is 18.5 Å². The van der Waals surface area contributed by atoms with Crippen LogP contribution in [0, 0.1) is 10.1 Å². The SMILES string of the molecule is O=[N+]([O-])c1cccc(S(=O)(=O)NCCC[NH+]2CCOCC2)c1. The van der Waals surface area contributed by atoms with Crippen LogP contribution in [0.15, 0.2) is 29.2 Å². The molecule has 9 heteroatoms. The quantitative estimate of drug-likeness (QED) is 0.386. The van der Waals surface area contributed by atoms with Crippen LogP contribution in [0.25, 0.3) is 0 Å². The maximum absolute atomic E-state index is 12.1. The van der Waals surface area contributed by atoms with Gasteiger partial charge in [0, 0.05) is 25.1 Å². The van der Waals surface area contributed by atoms with Crippen molar-refractivity contribution in [2.75, 3.05) is 39.4 Å². The molecule has 0 aliphatic carbocycles. The standard InChI is InChI=1S/C13H19N3O5S/c17-16(18)12-3-1-4-13(11-12)22(19,20)14-5-2-6-15-7-9-21-10-8-15/h1,3-4,11,14H,2,5-10H2/p+1. The number of nitro groups is 1. The number of nitrogens with zero attached hydrogens (tertiary/aromatic N) is 1. The Morgan fingerprint density at radius 2 is 2.05 bits per heavy atom. The zero-order valence-corrected chi connectivity index (χ0v) is 13.0. The third-order valence-electron chi connectivity index (χ3n) is 3.54. The molecule has 1 heterocycles. The van der Waals surface area contributed by atoms with Crippen LogP contribution in [0.1, 0.15) is 6.42 Å². The molecule has 22 heavy (non-hydrogen) atoms. The number of non-ortho nitro benzene ring substituents is 1. The Bertz CT molecular complexity index is 614. The molecule has 0 saturated carbocycles. The van der Waals surface area contributed by atoms with Crippen molar-refractivity contribution in [1.82, 2.24) is 4.72 Å². The Morgan fingerprint density at radius 1 is 1.32 bits per heavy atom. The van der Waals surface area contributed by atoms with Crippen molar-refractivity contribution in [3.05, 3.63) is 34.4 Å². The van der Waals surface area contributed by atoms with Gasteiger partial charge in [0.05, 0.1) is 29.6 Å². The largest absolute Gasteiger partial charge is 0.370 e. The molecule has 0 spiro atoms. The normalized spacial score (nSPS) is 16.5. The number of benzene rings is 1. The number of nitro benzene ring substituents is 1. The zero-order chi connectivity index (χ0) is 16.0. The topological polar surface area (TPSA) is 103 Å². The van der Waals surface area contributed by atoms with E-state index in [1.807, 2.05) is 0 Å². The molecule has 8 nitrogen and oxygen atoms in total. The van der Waals surface area contributed by atoms with Crippen LogP contribution in [0.4, 0.5) is 5.69 Å². The van der Waals surface area contributed by atoms with E-state index in [1.54, 1.807) is 0 Å². The van der Waals surface area contributed by atoms with Gasteiger partial charge in [-0.05, 0) is 6.07 Å². The second kappa shape index (κ2) is 7.63. The number of rotatable bonds is 7. The van der Waals surface area contributed by atoms with Crippen molar-refractivity contribution < 1.29 is 23.0 Å². The lowest BCUT2D eigenvalue weighted by molar-refractivity contribution is -0.908. The first-order valence-corrected chi connectivity index (χ1v) is 8.63. The number of morpholine rings is 1. The molecule has 2 rings (SSSR count). The van der Waals surface area contributed by atoms with Gasteiger partial charge in [-0.25, -0.2) is 13.1 Å². The number of hydrogen-bond donors (Lipinski definition) is 2. The molecule has 0 bridgehead atoms. The molecule has 122 valence electrons. The molecule has 1 saturated heterocycles. The molecule has 0 atom stereocenters. The fourth-order valence-electron chi connectivity index (χ4n) is 2.30. The number of sulfonamides is 1. The van der Waals surface area contributed by atoms with E-state index in [0.717, 1.165) is 38.9 Å². The highest BCUT2D eigenvalue weighted by molar-refractivity contribution is 7.89. The summed E-state index contributed by atoms with van der Waals surface area (Å²) in [6.07, 6.45) is 0.712. The Kier molecular flexibility index (Phi) is 5.83. The summed E-state index contributed by atoms with van der Waals surface area (Å²) >= 11 is 0. The maximum atomic E-state index is 12.1. The summed E-state index contributed by atoms with van der Waals surface area (Å²) in [6.45, 7) is 4.56. The molecule has 1 aromatic rings. The first-order valence-electron chi connectivity index (χ1n) is 7.14. The van der Waals surface area contributed by atoms with E-state index >= 15 is 0 Å². The molecule has 1 fully saturated rings. The number of nitrogens with one attached hydrogen (secondary N) is 2. The number of hydrogen-bond acceptors (Lipinski definition) is 5. The lowest BCUT2D eigenvalue weighted by Gasteiger charge is -2.23. The summed E-state index contributed by atoms with van der Waals surface area (Å²) in [5, 5.41) is 10.7. The Hall–Kier alpha value is -1.55. The van der Waals surface area contributed by atoms with E-state index in [0.29, 0.717) is 13.0 Å². The van der Waals surface area contributed by atoms with Crippen LogP contribution in [-0.2, 0) is 14.8 Å². The second-order valence-electron chi connectivity index (χ2n) is 5.12. The van der Waals surface area contributed by atoms with Gasteiger partial charge in [-0.15, -0.1) is 0 Å². The highest BCUT2D eigenvalue weighted by Crippen LogP contribution is 2.16. The molecular weight excluding hydrogens is 310 g/mol. The van der Waals surface area contributed by atoms with Crippen LogP contribution in [0.5, 0.6) is 0 Å². The molecule has 1 aromatic carbocycles. The van der Waals surface area contributed by atoms with Gasteiger partial charge >= 0.3 is 0 Å². The smallest absolute Gasteiger partial charge is 0.270 e. The Labute approximate surface area is 129 Å². The summed E-state index contributed by atoms with van der Waals surface area (Å²) in [5.41, 5.74) is -0.236. The highest BCUT2D eigenvalue weighted by atomic mass is 32.2. The van der Waals surface area contributed by atoms with Gasteiger partial charge in [-0.1, -0.05) is 6.07 Å². The number of quaternary nitrogens is 1. The van der Waals surface area contributed by atoms with Gasteiger partial charge < -0.3 is 9.64 Å². The summed E-state index contributed by atoms with van der Waals surface area (Å²) in [6, 6.07) is 5.05. The minimum atomic E-state index is -3.71. The first-order chi connectivity index (χ1) is 10.5. The van der Waals surface area contributed by atoms with Crippen molar-refractivity contribution in [2.45, 2.75) is 11.3 Å². The van der Waals surface area contributed by atoms with Crippen molar-refractivity contribution in [3.8, 4) is 0 Å². The van der Waals surface area contributed by atoms with Gasteiger partial charge in [-0.2, -0.15) is 0 Å². The minimum Gasteiger partial charge on any atom is -0.370 e. The van der Waals surface area contributed by atoms with Crippen LogP contribution in [0.3, 0.4) is 0 Å². The summed E-state index contributed by atoms with van der Waals surface area (Å²) in [5.74, 6) is 0. The average Bonchev–Trinajstić information content (AvgIpc) is 2.53. The van der Waals surface area contributed by atoms with Gasteiger partial charge in [0.1, 0.15) is 13.1 Å². The van der Waals surface area contributed by atoms with Crippen LogP contribution in [0.2, 0.25) is 0 Å². The molecule has 1 aliphatic heterocycles. The van der Waals surface area contributed by atoms with Crippen LogP contribution < -0.4 is 9.62 Å². The highest BCUT2D eigenvalue weighted by Gasteiger charge is 2.18. The van der Waals surface area contributed by atoms with Crippen LogP contribution in [-0.4, -0.2) is 52.7 Å². The second-order valence-corrected chi connectivity index (χ2v) is 6.89. The van der Waals surface area contributed by atoms with Crippen molar-refractivity contribution >= 4 is 15.7 Å². The summed E-state index contributed by atoms with van der Waals surface area (Å²) < 4.78 is 31.9. The van der Waals surface area contributed by atoms with Gasteiger partial charge in [0.25, 0.3) is 5.69 Å². The van der Waals surface area contributed by atoms with E-state index < -0.39 is 14.9 Å². The molecule has 0 aromatic heterocycles. The van der Waals surface area contributed by atoms with Gasteiger partial charge in [0.2, 0.25) is 10.0 Å². The van der Waals surface area contributed by atoms with E-state index in [4.69, 9.17) is 4.74 Å². The van der Waals surface area contributed by atoms with Crippen LogP contribution >= 0.6 is 0 Å². The van der Waals surface area contributed by atoms with E-state index in [-0.39, 0.29) is 10.6 Å².